The number of hydrogen-bond donors (Lipinski definition) is 0. The molecule has 13 heavy (non-hydrogen) atoms. The lowest BCUT2D eigenvalue weighted by molar-refractivity contribution is 1.30. The van der Waals surface area contributed by atoms with Crippen molar-refractivity contribution in [3.63, 3.8) is 0 Å². The Bertz CT molecular complexity index is 352. The van der Waals surface area contributed by atoms with Crippen molar-refractivity contribution in [1.29, 1.82) is 0 Å². The second-order valence-electron chi connectivity index (χ2n) is 2.22. The van der Waals surface area contributed by atoms with E-state index in [0.29, 0.717) is 0 Å². The molecule has 0 saturated carbocycles. The van der Waals surface area contributed by atoms with Gasteiger partial charge < -0.3 is 0 Å². The van der Waals surface area contributed by atoms with E-state index in [-0.39, 0.29) is 0 Å². The molecule has 1 rings (SSSR count). The van der Waals surface area contributed by atoms with Gasteiger partial charge in [0, 0.05) is 5.38 Å². The van der Waals surface area contributed by atoms with Crippen molar-refractivity contribution in [3.8, 4) is 0 Å². The second kappa shape index (κ2) is 5.09. The molecule has 4 heteroatoms. The first-order valence-electron chi connectivity index (χ1n) is 3.69. The van der Waals surface area contributed by atoms with Crippen LogP contribution in [0, 0.1) is 0 Å². The van der Waals surface area contributed by atoms with Gasteiger partial charge in [-0.1, -0.05) is 12.2 Å². The van der Waals surface area contributed by atoms with Gasteiger partial charge in [-0.05, 0) is 35.6 Å². The van der Waals surface area contributed by atoms with Gasteiger partial charge in [0.15, 0.2) is 3.92 Å². The van der Waals surface area contributed by atoms with Crippen LogP contribution in [-0.4, -0.2) is 11.7 Å². The Morgan fingerprint density at radius 3 is 3.00 bits per heavy atom. The van der Waals surface area contributed by atoms with E-state index < -0.39 is 0 Å². The molecule has 0 aliphatic heterocycles. The molecular formula is C9H9BrN2S. The number of aromatic nitrogens is 1. The van der Waals surface area contributed by atoms with E-state index in [1.165, 1.54) is 11.3 Å². The number of allylic oxidation sites excluding steroid dienone is 3. The van der Waals surface area contributed by atoms with Crippen LogP contribution in [0.4, 0.5) is 0 Å². The van der Waals surface area contributed by atoms with Crippen LogP contribution >= 0.6 is 27.3 Å². The van der Waals surface area contributed by atoms with Crippen LogP contribution < -0.4 is 0 Å². The zero-order valence-corrected chi connectivity index (χ0v) is 9.60. The molecule has 0 atom stereocenters. The highest BCUT2D eigenvalue weighted by Gasteiger charge is 2.02. The van der Waals surface area contributed by atoms with Crippen molar-refractivity contribution in [1.82, 2.24) is 4.98 Å². The fraction of sp³-hybridized carbons (Fsp3) is 0.111. The molecule has 1 aromatic rings. The maximum atomic E-state index is 4.23. The number of rotatable bonds is 3. The third kappa shape index (κ3) is 2.90. The summed E-state index contributed by atoms with van der Waals surface area (Å²) in [5.41, 5.74) is 1.64. The molecule has 1 heterocycles. The standard InChI is InChI=1S/C9H9BrN2S/c1-3-4-5-7(11-2)8-6-13-9(10)12-8/h3-6H,2H2,1H3/b4-3-,7-5-. The minimum absolute atomic E-state index is 0.792. The van der Waals surface area contributed by atoms with E-state index in [4.69, 9.17) is 0 Å². The summed E-state index contributed by atoms with van der Waals surface area (Å²) < 4.78 is 0.859. The van der Waals surface area contributed by atoms with E-state index in [9.17, 15) is 0 Å². The largest absolute Gasteiger partial charge is 0.262 e. The molecule has 1 aromatic heterocycles. The van der Waals surface area contributed by atoms with Crippen LogP contribution in [0.2, 0.25) is 0 Å². The molecule has 0 fully saturated rings. The van der Waals surface area contributed by atoms with E-state index in [2.05, 4.69) is 32.6 Å². The fourth-order valence-electron chi connectivity index (χ4n) is 0.776. The Hall–Kier alpha value is -0.740. The Morgan fingerprint density at radius 1 is 1.77 bits per heavy atom. The predicted molar refractivity (Wildman–Crippen MR) is 62.2 cm³/mol. The summed E-state index contributed by atoms with van der Waals surface area (Å²) in [5, 5.41) is 1.94. The van der Waals surface area contributed by atoms with Gasteiger partial charge in [-0.15, -0.1) is 11.3 Å². The molecule has 0 amide bonds. The maximum Gasteiger partial charge on any atom is 0.159 e. The molecule has 0 radical (unpaired) electrons. The molecule has 0 N–H and O–H groups in total. The highest BCUT2D eigenvalue weighted by atomic mass is 79.9. The van der Waals surface area contributed by atoms with Gasteiger partial charge in [0.25, 0.3) is 0 Å². The van der Waals surface area contributed by atoms with Crippen molar-refractivity contribution in [2.24, 2.45) is 4.99 Å². The Labute approximate surface area is 89.9 Å². The van der Waals surface area contributed by atoms with Crippen molar-refractivity contribution in [2.75, 3.05) is 0 Å². The summed E-state index contributed by atoms with van der Waals surface area (Å²) in [7, 11) is 0. The minimum atomic E-state index is 0.792. The van der Waals surface area contributed by atoms with E-state index in [1.54, 1.807) is 0 Å². The summed E-state index contributed by atoms with van der Waals surface area (Å²) in [6, 6.07) is 0. The van der Waals surface area contributed by atoms with Crippen LogP contribution in [0.5, 0.6) is 0 Å². The molecule has 0 unspecified atom stereocenters. The third-order valence-electron chi connectivity index (χ3n) is 1.36. The second-order valence-corrected chi connectivity index (χ2v) is 4.36. The lowest BCUT2D eigenvalue weighted by atomic mass is 10.3. The Balaban J connectivity index is 2.96. The molecule has 68 valence electrons. The van der Waals surface area contributed by atoms with Crippen LogP contribution in [-0.2, 0) is 0 Å². The Morgan fingerprint density at radius 2 is 2.54 bits per heavy atom. The first-order chi connectivity index (χ1) is 6.27. The van der Waals surface area contributed by atoms with Crippen LogP contribution in [0.3, 0.4) is 0 Å². The molecule has 0 bridgehead atoms. The summed E-state index contributed by atoms with van der Waals surface area (Å²) >= 11 is 4.83. The van der Waals surface area contributed by atoms with Gasteiger partial charge in [-0.3, -0.25) is 4.99 Å². The summed E-state index contributed by atoms with van der Waals surface area (Å²) in [4.78, 5) is 8.13. The molecule has 2 nitrogen and oxygen atoms in total. The number of nitrogens with zero attached hydrogens (tertiary/aromatic N) is 2. The van der Waals surface area contributed by atoms with Gasteiger partial charge in [0.1, 0.15) is 5.69 Å². The molecular weight excluding hydrogens is 248 g/mol. The lowest BCUT2D eigenvalue weighted by Crippen LogP contribution is -1.79. The van der Waals surface area contributed by atoms with Gasteiger partial charge in [0.05, 0.1) is 5.70 Å². The van der Waals surface area contributed by atoms with Gasteiger partial charge in [-0.2, -0.15) is 0 Å². The zero-order chi connectivity index (χ0) is 9.68. The van der Waals surface area contributed by atoms with E-state index in [0.717, 1.165) is 15.3 Å². The number of aliphatic imine (C=N–C) groups is 1. The first-order valence-corrected chi connectivity index (χ1v) is 5.36. The quantitative estimate of drug-likeness (QED) is 0.600. The fourth-order valence-corrected chi connectivity index (χ4v) is 1.78. The van der Waals surface area contributed by atoms with Crippen molar-refractivity contribution >= 4 is 39.7 Å². The summed E-state index contributed by atoms with van der Waals surface area (Å²) in [5.74, 6) is 0. The highest BCUT2D eigenvalue weighted by Crippen LogP contribution is 2.22. The molecule has 0 spiro atoms. The van der Waals surface area contributed by atoms with Gasteiger partial charge >= 0.3 is 0 Å². The van der Waals surface area contributed by atoms with Crippen LogP contribution in [0.15, 0.2) is 32.5 Å². The molecule has 0 aromatic carbocycles. The highest BCUT2D eigenvalue weighted by molar-refractivity contribution is 9.11. The van der Waals surface area contributed by atoms with Crippen LogP contribution in [0.25, 0.3) is 5.70 Å². The zero-order valence-electron chi connectivity index (χ0n) is 7.20. The summed E-state index contributed by atoms with van der Waals surface area (Å²) in [6.07, 6.45) is 5.73. The SMILES string of the molecule is C=N/C(=C\C=C/C)c1csc(Br)n1. The monoisotopic (exact) mass is 256 g/mol. The molecule has 0 aliphatic rings. The smallest absolute Gasteiger partial charge is 0.159 e. The topological polar surface area (TPSA) is 25.2 Å². The Kier molecular flexibility index (Phi) is 4.05. The number of thiazole rings is 1. The summed E-state index contributed by atoms with van der Waals surface area (Å²) in [6.45, 7) is 5.45. The number of hydrogen-bond acceptors (Lipinski definition) is 3. The van der Waals surface area contributed by atoms with E-state index >= 15 is 0 Å². The average Bonchev–Trinajstić information content (AvgIpc) is 2.54. The van der Waals surface area contributed by atoms with Gasteiger partial charge in [-0.25, -0.2) is 4.98 Å². The van der Waals surface area contributed by atoms with Gasteiger partial charge in [0.2, 0.25) is 0 Å². The molecule has 0 saturated heterocycles. The van der Waals surface area contributed by atoms with E-state index in [1.807, 2.05) is 30.5 Å². The van der Waals surface area contributed by atoms with Crippen molar-refractivity contribution in [3.05, 3.63) is 33.2 Å². The molecule has 0 aliphatic carbocycles. The maximum absolute atomic E-state index is 4.23. The normalized spacial score (nSPS) is 12.3. The minimum Gasteiger partial charge on any atom is -0.262 e. The number of halogens is 1. The average molecular weight is 257 g/mol. The lowest BCUT2D eigenvalue weighted by Gasteiger charge is -1.92. The van der Waals surface area contributed by atoms with Crippen molar-refractivity contribution in [2.45, 2.75) is 6.92 Å². The van der Waals surface area contributed by atoms with Crippen molar-refractivity contribution < 1.29 is 0 Å². The third-order valence-corrected chi connectivity index (χ3v) is 2.72. The predicted octanol–water partition coefficient (Wildman–Crippen LogP) is 3.52. The van der Waals surface area contributed by atoms with Crippen LogP contribution in [0.1, 0.15) is 12.6 Å². The first kappa shape index (κ1) is 10.3.